The van der Waals surface area contributed by atoms with Crippen molar-refractivity contribution in [3.8, 4) is 5.75 Å². The highest BCUT2D eigenvalue weighted by atomic mass is 16.5. The molecule has 1 saturated heterocycles. The van der Waals surface area contributed by atoms with E-state index in [2.05, 4.69) is 23.5 Å². The first-order chi connectivity index (χ1) is 10.3. The third-order valence-electron chi connectivity index (χ3n) is 4.11. The molecule has 0 atom stereocenters. The van der Waals surface area contributed by atoms with Crippen molar-refractivity contribution in [2.45, 2.75) is 19.3 Å². The number of hydrogen-bond donors (Lipinski definition) is 1. The zero-order valence-corrected chi connectivity index (χ0v) is 12.3. The van der Waals surface area contributed by atoms with E-state index in [4.69, 9.17) is 4.74 Å². The first-order valence-corrected chi connectivity index (χ1v) is 7.74. The molecule has 4 nitrogen and oxygen atoms in total. The predicted octanol–water partition coefficient (Wildman–Crippen LogP) is 2.06. The van der Waals surface area contributed by atoms with Crippen LogP contribution < -0.4 is 10.1 Å². The van der Waals surface area contributed by atoms with Gasteiger partial charge < -0.3 is 15.0 Å². The molecule has 0 aromatic heterocycles. The van der Waals surface area contributed by atoms with E-state index in [1.54, 1.807) is 0 Å². The Labute approximate surface area is 125 Å². The van der Waals surface area contributed by atoms with Gasteiger partial charge in [0.25, 0.3) is 5.91 Å². The van der Waals surface area contributed by atoms with Crippen LogP contribution in [-0.2, 0) is 4.79 Å². The van der Waals surface area contributed by atoms with Crippen LogP contribution >= 0.6 is 0 Å². The van der Waals surface area contributed by atoms with Crippen LogP contribution in [0.2, 0.25) is 0 Å². The second-order valence-electron chi connectivity index (χ2n) is 5.58. The molecule has 0 unspecified atom stereocenters. The number of benzene rings is 1. The normalized spacial score (nSPS) is 18.5. The summed E-state index contributed by atoms with van der Waals surface area (Å²) in [5, 5.41) is 3.31. The van der Waals surface area contributed by atoms with Crippen LogP contribution in [0.25, 0.3) is 5.57 Å². The average Bonchev–Trinajstić information content (AvgIpc) is 3.08. The Morgan fingerprint density at radius 1 is 1.19 bits per heavy atom. The molecule has 1 fully saturated rings. The number of nitrogens with zero attached hydrogens (tertiary/aromatic N) is 1. The van der Waals surface area contributed by atoms with Gasteiger partial charge in [-0.1, -0.05) is 18.2 Å². The van der Waals surface area contributed by atoms with Crippen LogP contribution in [0, 0.1) is 0 Å². The molecule has 21 heavy (non-hydrogen) atoms. The lowest BCUT2D eigenvalue weighted by Crippen LogP contribution is -2.32. The van der Waals surface area contributed by atoms with Crippen molar-refractivity contribution in [2.75, 3.05) is 32.8 Å². The molecule has 0 radical (unpaired) electrons. The topological polar surface area (TPSA) is 41.6 Å². The fraction of sp³-hybridized carbons (Fsp3) is 0.471. The van der Waals surface area contributed by atoms with E-state index < -0.39 is 0 Å². The van der Waals surface area contributed by atoms with Gasteiger partial charge in [-0.2, -0.15) is 0 Å². The molecule has 1 amide bonds. The maximum Gasteiger partial charge on any atom is 0.260 e. The minimum Gasteiger partial charge on any atom is -0.484 e. The third kappa shape index (κ3) is 3.64. The van der Waals surface area contributed by atoms with Gasteiger partial charge in [-0.3, -0.25) is 4.79 Å². The van der Waals surface area contributed by atoms with Gasteiger partial charge in [0.15, 0.2) is 6.61 Å². The zero-order chi connectivity index (χ0) is 14.5. The van der Waals surface area contributed by atoms with E-state index >= 15 is 0 Å². The Hall–Kier alpha value is -1.81. The molecule has 0 aliphatic carbocycles. The number of carbonyl (C=O) groups is 1. The number of rotatable bonds is 4. The number of nitrogens with one attached hydrogen (secondary N) is 1. The van der Waals surface area contributed by atoms with E-state index in [1.165, 1.54) is 11.1 Å². The Balaban J connectivity index is 1.54. The molecule has 2 aliphatic heterocycles. The smallest absolute Gasteiger partial charge is 0.260 e. The summed E-state index contributed by atoms with van der Waals surface area (Å²) < 4.78 is 5.60. The fourth-order valence-corrected chi connectivity index (χ4v) is 2.85. The Kier molecular flexibility index (Phi) is 4.55. The number of amides is 1. The molecule has 2 heterocycles. The molecular weight excluding hydrogens is 264 g/mol. The van der Waals surface area contributed by atoms with E-state index in [0.717, 1.165) is 51.2 Å². The lowest BCUT2D eigenvalue weighted by Gasteiger charge is -2.16. The highest BCUT2D eigenvalue weighted by Gasteiger charge is 2.18. The van der Waals surface area contributed by atoms with Crippen molar-refractivity contribution in [3.05, 3.63) is 35.9 Å². The molecule has 1 N–H and O–H groups in total. The van der Waals surface area contributed by atoms with Crippen LogP contribution in [0.15, 0.2) is 30.3 Å². The van der Waals surface area contributed by atoms with Gasteiger partial charge in [0, 0.05) is 19.6 Å². The first kappa shape index (κ1) is 14.1. The second-order valence-corrected chi connectivity index (χ2v) is 5.58. The third-order valence-corrected chi connectivity index (χ3v) is 4.11. The molecule has 2 aliphatic rings. The van der Waals surface area contributed by atoms with Crippen LogP contribution in [0.1, 0.15) is 24.8 Å². The summed E-state index contributed by atoms with van der Waals surface area (Å²) in [5.41, 5.74) is 2.63. The van der Waals surface area contributed by atoms with Crippen molar-refractivity contribution >= 4 is 11.5 Å². The predicted molar refractivity (Wildman–Crippen MR) is 83.2 cm³/mol. The van der Waals surface area contributed by atoms with Crippen LogP contribution in [0.5, 0.6) is 5.75 Å². The molecule has 0 bridgehead atoms. The van der Waals surface area contributed by atoms with Crippen molar-refractivity contribution in [1.29, 1.82) is 0 Å². The number of likely N-dealkylation sites (tertiary alicyclic amines) is 1. The second kappa shape index (κ2) is 6.76. The van der Waals surface area contributed by atoms with Crippen molar-refractivity contribution in [3.63, 3.8) is 0 Å². The fourth-order valence-electron chi connectivity index (χ4n) is 2.85. The molecular formula is C17H22N2O2. The highest BCUT2D eigenvalue weighted by molar-refractivity contribution is 5.78. The molecule has 1 aromatic carbocycles. The highest BCUT2D eigenvalue weighted by Crippen LogP contribution is 2.22. The van der Waals surface area contributed by atoms with Gasteiger partial charge in [-0.25, -0.2) is 0 Å². The van der Waals surface area contributed by atoms with Crippen molar-refractivity contribution in [2.24, 2.45) is 0 Å². The molecule has 0 spiro atoms. The molecule has 4 heteroatoms. The van der Waals surface area contributed by atoms with Gasteiger partial charge in [-0.05, 0) is 49.1 Å². The van der Waals surface area contributed by atoms with Gasteiger partial charge in [0.2, 0.25) is 0 Å². The molecule has 112 valence electrons. The Morgan fingerprint density at radius 3 is 2.62 bits per heavy atom. The van der Waals surface area contributed by atoms with Crippen LogP contribution in [0.4, 0.5) is 0 Å². The lowest BCUT2D eigenvalue weighted by molar-refractivity contribution is -0.132. The number of carbonyl (C=O) groups excluding carboxylic acids is 1. The summed E-state index contributed by atoms with van der Waals surface area (Å²) in [5.74, 6) is 0.860. The number of hydrogen-bond acceptors (Lipinski definition) is 3. The molecule has 3 rings (SSSR count). The minimum absolute atomic E-state index is 0.0950. The van der Waals surface area contributed by atoms with Gasteiger partial charge in [-0.15, -0.1) is 0 Å². The van der Waals surface area contributed by atoms with Crippen molar-refractivity contribution in [1.82, 2.24) is 10.2 Å². The zero-order valence-electron chi connectivity index (χ0n) is 12.3. The van der Waals surface area contributed by atoms with Gasteiger partial charge >= 0.3 is 0 Å². The maximum absolute atomic E-state index is 11.9. The standard InChI is InChI=1S/C17H22N2O2/c20-17(19-11-1-2-12-19)13-21-16-5-3-14(4-6-16)15-7-9-18-10-8-15/h3-7,18H,1-2,8-13H2. The summed E-state index contributed by atoms with van der Waals surface area (Å²) in [6.45, 7) is 3.88. The average molecular weight is 286 g/mol. The summed E-state index contributed by atoms with van der Waals surface area (Å²) in [6.07, 6.45) is 5.53. The van der Waals surface area contributed by atoms with Gasteiger partial charge in [0.05, 0.1) is 0 Å². The monoisotopic (exact) mass is 286 g/mol. The summed E-state index contributed by atoms with van der Waals surface area (Å²) in [4.78, 5) is 13.8. The van der Waals surface area contributed by atoms with Crippen LogP contribution in [0.3, 0.4) is 0 Å². The van der Waals surface area contributed by atoms with E-state index in [0.29, 0.717) is 0 Å². The van der Waals surface area contributed by atoms with Crippen LogP contribution in [-0.4, -0.2) is 43.6 Å². The van der Waals surface area contributed by atoms with E-state index in [9.17, 15) is 4.79 Å². The number of ether oxygens (including phenoxy) is 1. The summed E-state index contributed by atoms with van der Waals surface area (Å²) >= 11 is 0. The SMILES string of the molecule is O=C(COc1ccc(C2=CCNCC2)cc1)N1CCCC1. The van der Waals surface area contributed by atoms with E-state index in [-0.39, 0.29) is 12.5 Å². The minimum atomic E-state index is 0.0950. The lowest BCUT2D eigenvalue weighted by atomic mass is 10.0. The first-order valence-electron chi connectivity index (χ1n) is 7.74. The summed E-state index contributed by atoms with van der Waals surface area (Å²) in [6, 6.07) is 8.06. The molecule has 1 aromatic rings. The van der Waals surface area contributed by atoms with Gasteiger partial charge in [0.1, 0.15) is 5.75 Å². The quantitative estimate of drug-likeness (QED) is 0.921. The Bertz CT molecular complexity index is 516. The largest absolute Gasteiger partial charge is 0.484 e. The maximum atomic E-state index is 11.9. The van der Waals surface area contributed by atoms with E-state index in [1.807, 2.05) is 17.0 Å². The molecule has 0 saturated carbocycles. The summed E-state index contributed by atoms with van der Waals surface area (Å²) in [7, 11) is 0. The van der Waals surface area contributed by atoms with Crippen molar-refractivity contribution < 1.29 is 9.53 Å². The Morgan fingerprint density at radius 2 is 1.95 bits per heavy atom.